The minimum absolute atomic E-state index is 0.0590. The predicted molar refractivity (Wildman–Crippen MR) is 93.5 cm³/mol. The highest BCUT2D eigenvalue weighted by Crippen LogP contribution is 2.15. The molecule has 1 aromatic carbocycles. The molecule has 3 N–H and O–H groups in total. The summed E-state index contributed by atoms with van der Waals surface area (Å²) in [4.78, 5) is 6.82. The van der Waals surface area contributed by atoms with Crippen LogP contribution in [-0.4, -0.2) is 31.3 Å². The molecule has 0 amide bonds. The smallest absolute Gasteiger partial charge is 0.191 e. The molecule has 0 radical (unpaired) electrons. The van der Waals surface area contributed by atoms with Gasteiger partial charge in [-0.25, -0.2) is 0 Å². The van der Waals surface area contributed by atoms with Gasteiger partial charge in [-0.2, -0.15) is 0 Å². The van der Waals surface area contributed by atoms with Gasteiger partial charge in [0.1, 0.15) is 0 Å². The van der Waals surface area contributed by atoms with E-state index in [0.29, 0.717) is 6.54 Å². The van der Waals surface area contributed by atoms with E-state index in [1.165, 1.54) is 9.75 Å². The second kappa shape index (κ2) is 8.56. The molecule has 0 saturated heterocycles. The van der Waals surface area contributed by atoms with Gasteiger partial charge in [0.25, 0.3) is 0 Å². The molecule has 118 valence electrons. The number of aliphatic hydroxyl groups excluding tert-OH is 1. The monoisotopic (exact) mass is 317 g/mol. The van der Waals surface area contributed by atoms with Crippen LogP contribution in [0.15, 0.2) is 47.5 Å². The number of hydrogen-bond donors (Lipinski definition) is 3. The summed E-state index contributed by atoms with van der Waals surface area (Å²) >= 11 is 1.78. The maximum Gasteiger partial charge on any atom is 0.191 e. The molecule has 4 nitrogen and oxygen atoms in total. The van der Waals surface area contributed by atoms with E-state index in [-0.39, 0.29) is 12.5 Å². The van der Waals surface area contributed by atoms with Crippen molar-refractivity contribution in [3.63, 3.8) is 0 Å². The zero-order chi connectivity index (χ0) is 15.8. The average Bonchev–Trinajstić information content (AvgIpc) is 2.97. The van der Waals surface area contributed by atoms with E-state index >= 15 is 0 Å². The number of guanidine groups is 1. The van der Waals surface area contributed by atoms with Crippen LogP contribution >= 0.6 is 11.3 Å². The Morgan fingerprint density at radius 3 is 2.55 bits per heavy atom. The predicted octanol–water partition coefficient (Wildman–Crippen LogP) is 2.50. The molecule has 2 aromatic rings. The first-order valence-electron chi connectivity index (χ1n) is 7.38. The number of rotatable bonds is 6. The second-order valence-electron chi connectivity index (χ2n) is 5.11. The van der Waals surface area contributed by atoms with Crippen molar-refractivity contribution in [3.8, 4) is 0 Å². The van der Waals surface area contributed by atoms with Gasteiger partial charge in [-0.15, -0.1) is 11.3 Å². The summed E-state index contributed by atoms with van der Waals surface area (Å²) in [5, 5.41) is 16.2. The van der Waals surface area contributed by atoms with Crippen LogP contribution in [0.3, 0.4) is 0 Å². The molecule has 0 aliphatic rings. The van der Waals surface area contributed by atoms with Crippen molar-refractivity contribution >= 4 is 17.3 Å². The Hall–Kier alpha value is -1.85. The summed E-state index contributed by atoms with van der Waals surface area (Å²) in [7, 11) is 1.76. The van der Waals surface area contributed by atoms with Crippen molar-refractivity contribution in [1.29, 1.82) is 0 Å². The first-order valence-corrected chi connectivity index (χ1v) is 8.20. The summed E-state index contributed by atoms with van der Waals surface area (Å²) < 4.78 is 0. The van der Waals surface area contributed by atoms with Gasteiger partial charge in [0.15, 0.2) is 5.96 Å². The van der Waals surface area contributed by atoms with Crippen molar-refractivity contribution in [2.75, 3.05) is 20.2 Å². The SMILES string of the molecule is CN=C(NCc1ccc(C)s1)NCC(CO)c1ccccc1. The minimum atomic E-state index is 0.0590. The number of benzene rings is 1. The largest absolute Gasteiger partial charge is 0.396 e. The summed E-state index contributed by atoms with van der Waals surface area (Å²) in [5.41, 5.74) is 1.13. The molecule has 0 aliphatic heterocycles. The first kappa shape index (κ1) is 16.5. The van der Waals surface area contributed by atoms with Gasteiger partial charge < -0.3 is 15.7 Å². The average molecular weight is 317 g/mol. The maximum atomic E-state index is 9.58. The molecular weight excluding hydrogens is 294 g/mol. The van der Waals surface area contributed by atoms with Gasteiger partial charge in [0.2, 0.25) is 0 Å². The Bertz CT molecular complexity index is 595. The van der Waals surface area contributed by atoms with E-state index in [1.54, 1.807) is 18.4 Å². The number of aliphatic imine (C=N–C) groups is 1. The van der Waals surface area contributed by atoms with E-state index in [4.69, 9.17) is 0 Å². The molecule has 1 atom stereocenters. The van der Waals surface area contributed by atoms with E-state index in [0.717, 1.165) is 18.1 Å². The van der Waals surface area contributed by atoms with Crippen LogP contribution in [0.5, 0.6) is 0 Å². The minimum Gasteiger partial charge on any atom is -0.396 e. The van der Waals surface area contributed by atoms with Crippen molar-refractivity contribution < 1.29 is 5.11 Å². The van der Waals surface area contributed by atoms with Crippen LogP contribution in [0, 0.1) is 6.92 Å². The molecule has 0 saturated carbocycles. The lowest BCUT2D eigenvalue weighted by Crippen LogP contribution is -2.39. The van der Waals surface area contributed by atoms with Crippen LogP contribution < -0.4 is 10.6 Å². The fraction of sp³-hybridized carbons (Fsp3) is 0.353. The lowest BCUT2D eigenvalue weighted by atomic mass is 10.0. The zero-order valence-corrected chi connectivity index (χ0v) is 13.9. The molecule has 1 aromatic heterocycles. The highest BCUT2D eigenvalue weighted by molar-refractivity contribution is 7.11. The van der Waals surface area contributed by atoms with Crippen LogP contribution in [0.4, 0.5) is 0 Å². The number of nitrogens with zero attached hydrogens (tertiary/aromatic N) is 1. The third-order valence-electron chi connectivity index (χ3n) is 3.46. The fourth-order valence-electron chi connectivity index (χ4n) is 2.20. The van der Waals surface area contributed by atoms with Gasteiger partial charge in [-0.3, -0.25) is 4.99 Å². The molecule has 2 rings (SSSR count). The van der Waals surface area contributed by atoms with Gasteiger partial charge in [0.05, 0.1) is 13.2 Å². The molecule has 22 heavy (non-hydrogen) atoms. The first-order chi connectivity index (χ1) is 10.7. The molecule has 0 aliphatic carbocycles. The van der Waals surface area contributed by atoms with Gasteiger partial charge in [0, 0.05) is 29.3 Å². The summed E-state index contributed by atoms with van der Waals surface area (Å²) in [5.74, 6) is 0.809. The highest BCUT2D eigenvalue weighted by atomic mass is 32.1. The molecule has 0 spiro atoms. The highest BCUT2D eigenvalue weighted by Gasteiger charge is 2.10. The van der Waals surface area contributed by atoms with E-state index in [9.17, 15) is 5.11 Å². The normalized spacial score (nSPS) is 13.0. The standard InChI is InChI=1S/C17H23N3OS/c1-13-8-9-16(22-13)11-20-17(18-2)19-10-15(12-21)14-6-4-3-5-7-14/h3-9,15,21H,10-12H2,1-2H3,(H2,18,19,20). The van der Waals surface area contributed by atoms with Crippen molar-refractivity contribution in [1.82, 2.24) is 10.6 Å². The Morgan fingerprint density at radius 1 is 1.18 bits per heavy atom. The van der Waals surface area contributed by atoms with Crippen molar-refractivity contribution in [3.05, 3.63) is 57.8 Å². The second-order valence-corrected chi connectivity index (χ2v) is 6.48. The van der Waals surface area contributed by atoms with E-state index < -0.39 is 0 Å². The lowest BCUT2D eigenvalue weighted by molar-refractivity contribution is 0.265. The number of nitrogens with one attached hydrogen (secondary N) is 2. The lowest BCUT2D eigenvalue weighted by Gasteiger charge is -2.18. The summed E-state index contributed by atoms with van der Waals surface area (Å²) in [6.45, 7) is 3.61. The van der Waals surface area contributed by atoms with Crippen LogP contribution in [0.2, 0.25) is 0 Å². The van der Waals surface area contributed by atoms with Crippen LogP contribution in [0.25, 0.3) is 0 Å². The number of hydrogen-bond acceptors (Lipinski definition) is 3. The van der Waals surface area contributed by atoms with E-state index in [2.05, 4.69) is 34.7 Å². The third kappa shape index (κ3) is 4.86. The number of thiophene rings is 1. The van der Waals surface area contributed by atoms with Crippen LogP contribution in [0.1, 0.15) is 21.2 Å². The Balaban J connectivity index is 1.85. The topological polar surface area (TPSA) is 56.7 Å². The molecule has 0 bridgehead atoms. The van der Waals surface area contributed by atoms with Crippen LogP contribution in [-0.2, 0) is 6.54 Å². The molecular formula is C17H23N3OS. The molecule has 5 heteroatoms. The fourth-order valence-corrected chi connectivity index (χ4v) is 3.03. The number of aliphatic hydroxyl groups is 1. The Kier molecular flexibility index (Phi) is 6.43. The summed E-state index contributed by atoms with van der Waals surface area (Å²) in [6.07, 6.45) is 0. The summed E-state index contributed by atoms with van der Waals surface area (Å²) in [6, 6.07) is 14.3. The Labute approximate surface area is 135 Å². The van der Waals surface area contributed by atoms with Gasteiger partial charge in [-0.1, -0.05) is 30.3 Å². The quantitative estimate of drug-likeness (QED) is 0.567. The zero-order valence-electron chi connectivity index (χ0n) is 13.0. The maximum absolute atomic E-state index is 9.58. The number of aryl methyl sites for hydroxylation is 1. The molecule has 0 fully saturated rings. The third-order valence-corrected chi connectivity index (χ3v) is 4.46. The molecule has 1 unspecified atom stereocenters. The Morgan fingerprint density at radius 2 is 1.95 bits per heavy atom. The van der Waals surface area contributed by atoms with Crippen molar-refractivity contribution in [2.45, 2.75) is 19.4 Å². The van der Waals surface area contributed by atoms with Gasteiger partial charge >= 0.3 is 0 Å². The molecule has 1 heterocycles. The van der Waals surface area contributed by atoms with Gasteiger partial charge in [-0.05, 0) is 24.6 Å². The van der Waals surface area contributed by atoms with Crippen molar-refractivity contribution in [2.24, 2.45) is 4.99 Å². The van der Waals surface area contributed by atoms with E-state index in [1.807, 2.05) is 30.3 Å².